The Kier molecular flexibility index (Phi) is 9.17. The van der Waals surface area contributed by atoms with Crippen molar-refractivity contribution in [1.29, 1.82) is 0 Å². The maximum atomic E-state index is 13.1. The van der Waals surface area contributed by atoms with Gasteiger partial charge in [-0.2, -0.15) is 4.68 Å². The van der Waals surface area contributed by atoms with Gasteiger partial charge in [-0.15, -0.1) is 5.10 Å². The van der Waals surface area contributed by atoms with E-state index < -0.39 is 12.1 Å². The van der Waals surface area contributed by atoms with Crippen LogP contribution in [0.15, 0.2) is 36.4 Å². The molecule has 6 rings (SSSR count). The van der Waals surface area contributed by atoms with Gasteiger partial charge in [-0.1, -0.05) is 18.2 Å². The van der Waals surface area contributed by atoms with E-state index in [9.17, 15) is 24.0 Å². The predicted molar refractivity (Wildman–Crippen MR) is 159 cm³/mol. The van der Waals surface area contributed by atoms with E-state index in [1.807, 2.05) is 18.2 Å². The fraction of sp³-hybridized carbons (Fsp3) is 0.548. The first-order valence-electron chi connectivity index (χ1n) is 15.8. The van der Waals surface area contributed by atoms with Gasteiger partial charge in [-0.25, -0.2) is 4.79 Å². The van der Waals surface area contributed by atoms with Gasteiger partial charge in [0.15, 0.2) is 6.61 Å². The minimum absolute atomic E-state index is 0.0858. The summed E-state index contributed by atoms with van der Waals surface area (Å²) in [6, 6.07) is 10.1. The first-order valence-corrected chi connectivity index (χ1v) is 15.8. The summed E-state index contributed by atoms with van der Waals surface area (Å²) < 4.78 is 12.6. The van der Waals surface area contributed by atoms with Crippen molar-refractivity contribution in [2.24, 2.45) is 5.92 Å². The molecule has 4 aliphatic rings. The minimum Gasteiger partial charge on any atom is -0.467 e. The largest absolute Gasteiger partial charge is 0.467 e. The molecule has 3 heterocycles. The lowest BCUT2D eigenvalue weighted by atomic mass is 9.93. The highest BCUT2D eigenvalue weighted by atomic mass is 16.6. The SMILES string of the molecule is O=C(NCC(=O)N1CCN(C(=O)C2CC2)CC1)Oc1cc(OCC(=O)N2CCC[C@H]2C(=O)NC2CCC2)n(-c2ccccc2)n1. The van der Waals surface area contributed by atoms with Crippen molar-refractivity contribution in [1.82, 2.24) is 35.1 Å². The van der Waals surface area contributed by atoms with Gasteiger partial charge in [0, 0.05) is 44.7 Å². The fourth-order valence-corrected chi connectivity index (χ4v) is 5.81. The summed E-state index contributed by atoms with van der Waals surface area (Å²) in [7, 11) is 0. The standard InChI is InChI=1S/C31H39N7O7/c39-26(35-14-16-36(17-15-35)30(42)21-11-12-21)19-32-31(43)45-25-18-28(38(34-25)23-8-2-1-3-9-23)44-20-27(40)37-13-5-10-24(37)29(41)33-22-6-4-7-22/h1-3,8-9,18,21-22,24H,4-7,10-17,19-20H2,(H,32,43)(H,33,41)/t24-/m0/s1. The van der Waals surface area contributed by atoms with E-state index in [-0.39, 0.29) is 60.5 Å². The Morgan fingerprint density at radius 1 is 0.844 bits per heavy atom. The quantitative estimate of drug-likeness (QED) is 0.400. The molecule has 0 radical (unpaired) electrons. The van der Waals surface area contributed by atoms with Crippen molar-refractivity contribution in [3.8, 4) is 17.4 Å². The Morgan fingerprint density at radius 3 is 2.27 bits per heavy atom. The number of rotatable bonds is 10. The molecule has 5 amide bonds. The zero-order valence-electron chi connectivity index (χ0n) is 25.2. The number of hydrogen-bond donors (Lipinski definition) is 2. The van der Waals surface area contributed by atoms with Crippen LogP contribution in [0.2, 0.25) is 0 Å². The van der Waals surface area contributed by atoms with Crippen LogP contribution < -0.4 is 20.1 Å². The molecule has 4 fully saturated rings. The first kappa shape index (κ1) is 30.4. The van der Waals surface area contributed by atoms with Gasteiger partial charge in [0.2, 0.25) is 29.5 Å². The minimum atomic E-state index is -0.872. The van der Waals surface area contributed by atoms with Gasteiger partial charge in [0.25, 0.3) is 5.91 Å². The van der Waals surface area contributed by atoms with Crippen LogP contribution >= 0.6 is 0 Å². The summed E-state index contributed by atoms with van der Waals surface area (Å²) in [6.45, 7) is 1.68. The summed E-state index contributed by atoms with van der Waals surface area (Å²) in [6.07, 6.45) is 5.41. The number of nitrogens with one attached hydrogen (secondary N) is 2. The molecule has 14 nitrogen and oxygen atoms in total. The third-order valence-electron chi connectivity index (χ3n) is 8.78. The molecule has 2 saturated carbocycles. The summed E-state index contributed by atoms with van der Waals surface area (Å²) >= 11 is 0. The number of benzene rings is 1. The number of likely N-dealkylation sites (tertiary alicyclic amines) is 1. The van der Waals surface area contributed by atoms with Crippen molar-refractivity contribution in [2.45, 2.75) is 57.0 Å². The van der Waals surface area contributed by atoms with Gasteiger partial charge < -0.3 is 34.8 Å². The lowest BCUT2D eigenvalue weighted by molar-refractivity contribution is -0.140. The van der Waals surface area contributed by atoms with Gasteiger partial charge in [0.05, 0.1) is 11.8 Å². The molecular formula is C31H39N7O7. The molecule has 1 aromatic carbocycles. The molecule has 2 aliphatic heterocycles. The predicted octanol–water partition coefficient (Wildman–Crippen LogP) is 1.08. The Bertz CT molecular complexity index is 1410. The van der Waals surface area contributed by atoms with Gasteiger partial charge in [-0.05, 0) is 57.1 Å². The van der Waals surface area contributed by atoms with Crippen molar-refractivity contribution < 1.29 is 33.4 Å². The van der Waals surface area contributed by atoms with Gasteiger partial charge in [-0.3, -0.25) is 19.2 Å². The van der Waals surface area contributed by atoms with Crippen LogP contribution in [0.25, 0.3) is 5.69 Å². The number of carbonyl (C=O) groups excluding carboxylic acids is 5. The molecule has 2 aromatic rings. The molecule has 2 saturated heterocycles. The molecular weight excluding hydrogens is 582 g/mol. The molecule has 2 aliphatic carbocycles. The third kappa shape index (κ3) is 7.37. The molecule has 14 heteroatoms. The second-order valence-corrected chi connectivity index (χ2v) is 12.0. The fourth-order valence-electron chi connectivity index (χ4n) is 5.81. The monoisotopic (exact) mass is 621 g/mol. The Hall–Kier alpha value is -4.62. The first-order chi connectivity index (χ1) is 21.9. The van der Waals surface area contributed by atoms with E-state index in [0.29, 0.717) is 44.8 Å². The number of hydrogen-bond acceptors (Lipinski definition) is 8. The maximum absolute atomic E-state index is 13.1. The lowest BCUT2D eigenvalue weighted by Gasteiger charge is -2.34. The van der Waals surface area contributed by atoms with Crippen molar-refractivity contribution in [2.75, 3.05) is 45.9 Å². The summed E-state index contributed by atoms with van der Waals surface area (Å²) in [5, 5.41) is 9.83. The smallest absolute Gasteiger partial charge is 0.414 e. The van der Waals surface area contributed by atoms with Gasteiger partial charge >= 0.3 is 6.09 Å². The average molecular weight is 622 g/mol. The second kappa shape index (κ2) is 13.6. The summed E-state index contributed by atoms with van der Waals surface area (Å²) in [5.74, 6) is -0.321. The molecule has 0 spiro atoms. The maximum Gasteiger partial charge on any atom is 0.414 e. The van der Waals surface area contributed by atoms with Gasteiger partial charge in [0.1, 0.15) is 12.6 Å². The topological polar surface area (TPSA) is 155 Å². The van der Waals surface area contributed by atoms with E-state index in [0.717, 1.165) is 38.5 Å². The number of piperazine rings is 1. The van der Waals surface area contributed by atoms with Crippen molar-refractivity contribution >= 4 is 29.7 Å². The van der Waals surface area contributed by atoms with E-state index in [1.165, 1.54) is 10.7 Å². The van der Waals surface area contributed by atoms with Crippen LogP contribution in [0.4, 0.5) is 4.79 Å². The van der Waals surface area contributed by atoms with Crippen molar-refractivity contribution in [3.63, 3.8) is 0 Å². The van der Waals surface area contributed by atoms with Crippen LogP contribution in [0.3, 0.4) is 0 Å². The van der Waals surface area contributed by atoms with Crippen LogP contribution in [-0.2, 0) is 19.2 Å². The van der Waals surface area contributed by atoms with E-state index >= 15 is 0 Å². The average Bonchev–Trinajstić information content (AvgIpc) is 3.63. The Morgan fingerprint density at radius 2 is 1.58 bits per heavy atom. The zero-order valence-corrected chi connectivity index (χ0v) is 25.2. The van der Waals surface area contributed by atoms with E-state index in [4.69, 9.17) is 9.47 Å². The highest BCUT2D eigenvalue weighted by Gasteiger charge is 2.37. The van der Waals surface area contributed by atoms with Crippen molar-refractivity contribution in [3.05, 3.63) is 36.4 Å². The molecule has 1 aromatic heterocycles. The van der Waals surface area contributed by atoms with E-state index in [2.05, 4.69) is 15.7 Å². The zero-order chi connectivity index (χ0) is 31.3. The molecule has 1 atom stereocenters. The summed E-state index contributed by atoms with van der Waals surface area (Å²) in [4.78, 5) is 68.4. The molecule has 45 heavy (non-hydrogen) atoms. The Labute approximate surface area is 261 Å². The van der Waals surface area contributed by atoms with Crippen LogP contribution in [-0.4, -0.2) is 112 Å². The highest BCUT2D eigenvalue weighted by molar-refractivity contribution is 5.89. The molecule has 240 valence electrons. The number of nitrogens with zero attached hydrogens (tertiary/aromatic N) is 5. The third-order valence-corrected chi connectivity index (χ3v) is 8.78. The molecule has 0 unspecified atom stereocenters. The number of aromatic nitrogens is 2. The number of ether oxygens (including phenoxy) is 2. The molecule has 2 N–H and O–H groups in total. The second-order valence-electron chi connectivity index (χ2n) is 12.0. The highest BCUT2D eigenvalue weighted by Crippen LogP contribution is 2.31. The van der Waals surface area contributed by atoms with Crippen LogP contribution in [0.1, 0.15) is 44.9 Å². The lowest BCUT2D eigenvalue weighted by Crippen LogP contribution is -2.53. The number of para-hydroxylation sites is 1. The Balaban J connectivity index is 1.02. The molecule has 0 bridgehead atoms. The number of carbonyl (C=O) groups is 5. The van der Waals surface area contributed by atoms with E-state index in [1.54, 1.807) is 26.8 Å². The number of amides is 5. The van der Waals surface area contributed by atoms with Crippen LogP contribution in [0, 0.1) is 5.92 Å². The summed E-state index contributed by atoms with van der Waals surface area (Å²) in [5.41, 5.74) is 0.614. The van der Waals surface area contributed by atoms with Crippen LogP contribution in [0.5, 0.6) is 11.8 Å². The normalized spacial score (nSPS) is 19.9.